The number of aromatic amines is 1. The first-order chi connectivity index (χ1) is 14.6. The van der Waals surface area contributed by atoms with Crippen LogP contribution in [0, 0.1) is 11.7 Å². The fraction of sp³-hybridized carbons (Fsp3) is 0.391. The van der Waals surface area contributed by atoms with Gasteiger partial charge >= 0.3 is 11.7 Å². The van der Waals surface area contributed by atoms with E-state index in [9.17, 15) is 14.0 Å². The summed E-state index contributed by atoms with van der Waals surface area (Å²) >= 11 is 0. The molecule has 2 fully saturated rings. The zero-order valence-corrected chi connectivity index (χ0v) is 16.6. The number of nitrogens with zero attached hydrogens (tertiary/aromatic N) is 2. The number of cyclic esters (lactones) is 1. The molecular weight excluding hydrogens is 385 g/mol. The van der Waals surface area contributed by atoms with E-state index in [4.69, 9.17) is 4.74 Å². The van der Waals surface area contributed by atoms with Crippen LogP contribution in [0.25, 0.3) is 11.0 Å². The number of ether oxygens (including phenoxy) is 1. The van der Waals surface area contributed by atoms with Crippen molar-refractivity contribution in [1.82, 2.24) is 14.5 Å². The van der Waals surface area contributed by atoms with Gasteiger partial charge in [0.25, 0.3) is 0 Å². The molecule has 7 heteroatoms. The number of benzene rings is 2. The summed E-state index contributed by atoms with van der Waals surface area (Å²) in [6.45, 7) is 2.33. The number of halogens is 1. The molecule has 2 aromatic carbocycles. The Kier molecular flexibility index (Phi) is 4.90. The molecule has 0 aliphatic carbocycles. The third-order valence-corrected chi connectivity index (χ3v) is 6.36. The van der Waals surface area contributed by atoms with Gasteiger partial charge in [-0.25, -0.2) is 9.18 Å². The van der Waals surface area contributed by atoms with Crippen molar-refractivity contribution >= 4 is 17.0 Å². The smallest absolute Gasteiger partial charge is 0.326 e. The first kappa shape index (κ1) is 19.1. The van der Waals surface area contributed by atoms with Gasteiger partial charge in [0.2, 0.25) is 0 Å². The summed E-state index contributed by atoms with van der Waals surface area (Å²) in [4.78, 5) is 30.0. The van der Waals surface area contributed by atoms with E-state index in [1.54, 1.807) is 12.1 Å². The minimum Gasteiger partial charge on any atom is -0.457 e. The number of rotatable bonds is 4. The number of esters is 1. The predicted molar refractivity (Wildman–Crippen MR) is 111 cm³/mol. The van der Waals surface area contributed by atoms with Crippen molar-refractivity contribution in [1.29, 1.82) is 0 Å². The van der Waals surface area contributed by atoms with Crippen molar-refractivity contribution in [2.75, 3.05) is 19.6 Å². The fourth-order valence-corrected chi connectivity index (χ4v) is 4.78. The number of carbonyl (C=O) groups is 1. The zero-order valence-electron chi connectivity index (χ0n) is 16.6. The lowest BCUT2D eigenvalue weighted by Crippen LogP contribution is -2.40. The molecule has 2 unspecified atom stereocenters. The van der Waals surface area contributed by atoms with Crippen LogP contribution < -0.4 is 5.69 Å². The second-order valence-electron chi connectivity index (χ2n) is 8.26. The van der Waals surface area contributed by atoms with Gasteiger partial charge in [0.1, 0.15) is 11.9 Å². The van der Waals surface area contributed by atoms with Crippen LogP contribution >= 0.6 is 0 Å². The van der Waals surface area contributed by atoms with E-state index in [2.05, 4.69) is 9.88 Å². The molecule has 0 saturated carbocycles. The van der Waals surface area contributed by atoms with Crippen LogP contribution in [0.4, 0.5) is 4.39 Å². The van der Waals surface area contributed by atoms with Crippen molar-refractivity contribution in [3.63, 3.8) is 0 Å². The number of hydrogen-bond donors (Lipinski definition) is 1. The Morgan fingerprint density at radius 2 is 1.77 bits per heavy atom. The van der Waals surface area contributed by atoms with Crippen molar-refractivity contribution in [3.05, 3.63) is 70.4 Å². The van der Waals surface area contributed by atoms with Crippen LogP contribution in [0.3, 0.4) is 0 Å². The highest BCUT2D eigenvalue weighted by atomic mass is 19.1. The highest BCUT2D eigenvalue weighted by Gasteiger charge is 2.37. The van der Waals surface area contributed by atoms with Gasteiger partial charge in [-0.15, -0.1) is 0 Å². The maximum absolute atomic E-state index is 13.1. The highest BCUT2D eigenvalue weighted by molar-refractivity contribution is 5.75. The molecule has 2 aliphatic heterocycles. The molecule has 2 saturated heterocycles. The molecule has 2 aliphatic rings. The lowest BCUT2D eigenvalue weighted by molar-refractivity contribution is -0.145. The van der Waals surface area contributed by atoms with Crippen molar-refractivity contribution < 1.29 is 13.9 Å². The van der Waals surface area contributed by atoms with Gasteiger partial charge in [-0.05, 0) is 42.7 Å². The van der Waals surface area contributed by atoms with E-state index in [1.807, 2.05) is 28.8 Å². The minimum atomic E-state index is -0.301. The van der Waals surface area contributed by atoms with Crippen LogP contribution in [0.15, 0.2) is 53.3 Å². The van der Waals surface area contributed by atoms with E-state index < -0.39 is 0 Å². The Hall–Kier alpha value is -2.93. The number of piperidine rings is 1. The Morgan fingerprint density at radius 1 is 1.03 bits per heavy atom. The van der Waals surface area contributed by atoms with Crippen molar-refractivity contribution in [2.45, 2.75) is 31.4 Å². The number of fused-ring (bicyclic) bond motifs is 1. The molecule has 3 heterocycles. The van der Waals surface area contributed by atoms with Crippen molar-refractivity contribution in [2.24, 2.45) is 5.92 Å². The number of carbonyl (C=O) groups excluding carboxylic acids is 1. The zero-order chi connectivity index (χ0) is 20.7. The monoisotopic (exact) mass is 409 g/mol. The number of para-hydroxylation sites is 2. The summed E-state index contributed by atoms with van der Waals surface area (Å²) in [5.74, 6) is -0.650. The van der Waals surface area contributed by atoms with E-state index >= 15 is 0 Å². The van der Waals surface area contributed by atoms with E-state index in [1.165, 1.54) is 12.1 Å². The molecule has 0 radical (unpaired) electrons. The Balaban J connectivity index is 1.21. The van der Waals surface area contributed by atoms with E-state index in [-0.39, 0.29) is 35.5 Å². The lowest BCUT2D eigenvalue weighted by Gasteiger charge is -2.33. The Bertz CT molecular complexity index is 1110. The number of hydrogen-bond acceptors (Lipinski definition) is 4. The van der Waals surface area contributed by atoms with E-state index in [0.717, 1.165) is 42.5 Å². The van der Waals surface area contributed by atoms with Crippen molar-refractivity contribution in [3.8, 4) is 0 Å². The van der Waals surface area contributed by atoms with Crippen LogP contribution in [-0.2, 0) is 9.53 Å². The lowest BCUT2D eigenvalue weighted by atomic mass is 9.98. The van der Waals surface area contributed by atoms with Gasteiger partial charge in [-0.2, -0.15) is 0 Å². The molecule has 30 heavy (non-hydrogen) atoms. The average Bonchev–Trinajstić information content (AvgIpc) is 3.28. The van der Waals surface area contributed by atoms with Crippen LogP contribution in [-0.4, -0.2) is 40.1 Å². The molecule has 6 nitrogen and oxygen atoms in total. The third kappa shape index (κ3) is 3.54. The van der Waals surface area contributed by atoms with Crippen LogP contribution in [0.1, 0.15) is 37.0 Å². The predicted octanol–water partition coefficient (Wildman–Crippen LogP) is 3.41. The summed E-state index contributed by atoms with van der Waals surface area (Å²) in [6.07, 6.45) is 2.05. The van der Waals surface area contributed by atoms with E-state index in [0.29, 0.717) is 13.0 Å². The van der Waals surface area contributed by atoms with Crippen LogP contribution in [0.5, 0.6) is 0 Å². The van der Waals surface area contributed by atoms with Gasteiger partial charge in [0.05, 0.1) is 17.0 Å². The first-order valence-corrected chi connectivity index (χ1v) is 10.5. The van der Waals surface area contributed by atoms with Gasteiger partial charge < -0.3 is 14.6 Å². The molecule has 156 valence electrons. The summed E-state index contributed by atoms with van der Waals surface area (Å²) in [7, 11) is 0. The average molecular weight is 409 g/mol. The SMILES string of the molecule is O=C1OC(c2ccc(F)cc2)CC1CN1CCC(n2c(=O)[nH]c3ccccc32)CC1. The molecule has 0 bridgehead atoms. The molecule has 1 aromatic heterocycles. The number of likely N-dealkylation sites (tertiary alicyclic amines) is 1. The summed E-state index contributed by atoms with van der Waals surface area (Å²) in [6, 6.07) is 14.1. The maximum Gasteiger partial charge on any atom is 0.326 e. The topological polar surface area (TPSA) is 67.3 Å². The largest absolute Gasteiger partial charge is 0.457 e. The molecule has 5 rings (SSSR count). The molecule has 0 spiro atoms. The second-order valence-corrected chi connectivity index (χ2v) is 8.26. The quantitative estimate of drug-likeness (QED) is 0.671. The summed E-state index contributed by atoms with van der Waals surface area (Å²) in [5.41, 5.74) is 2.59. The number of H-pyrrole nitrogens is 1. The highest BCUT2D eigenvalue weighted by Crippen LogP contribution is 2.35. The normalized spacial score (nSPS) is 23.2. The first-order valence-electron chi connectivity index (χ1n) is 10.5. The molecule has 2 atom stereocenters. The standard InChI is InChI=1S/C23H24FN3O3/c24-17-7-5-15(6-8-17)21-13-16(22(28)30-21)14-26-11-9-18(10-12-26)27-20-4-2-1-3-19(20)25-23(27)29/h1-8,16,18,21H,9-14H2,(H,25,29). The number of imidazole rings is 1. The third-order valence-electron chi connectivity index (χ3n) is 6.36. The minimum absolute atomic E-state index is 0.0591. The van der Waals surface area contributed by atoms with Gasteiger partial charge in [-0.3, -0.25) is 9.36 Å². The Morgan fingerprint density at radius 3 is 2.53 bits per heavy atom. The fourth-order valence-electron chi connectivity index (χ4n) is 4.78. The number of nitrogens with one attached hydrogen (secondary N) is 1. The van der Waals surface area contributed by atoms with Gasteiger partial charge in [0, 0.05) is 32.1 Å². The Labute approximate surface area is 173 Å². The summed E-state index contributed by atoms with van der Waals surface area (Å²) in [5, 5.41) is 0. The molecule has 1 N–H and O–H groups in total. The second kappa shape index (κ2) is 7.72. The number of aromatic nitrogens is 2. The summed E-state index contributed by atoms with van der Waals surface area (Å²) < 4.78 is 20.6. The molecular formula is C23H24FN3O3. The molecule has 0 amide bonds. The molecule has 3 aromatic rings. The van der Waals surface area contributed by atoms with Gasteiger partial charge in [0.15, 0.2) is 0 Å². The van der Waals surface area contributed by atoms with Crippen LogP contribution in [0.2, 0.25) is 0 Å². The van der Waals surface area contributed by atoms with Gasteiger partial charge in [-0.1, -0.05) is 24.3 Å². The maximum atomic E-state index is 13.1.